The van der Waals surface area contributed by atoms with Gasteiger partial charge in [0.2, 0.25) is 5.91 Å². The standard InChI is InChI=1S/C18H21NO2/c1-19(14-16-10-6-7-11-17(16)21-2)18(20)13-12-15-8-4-3-5-9-15/h3-11H,12-14H2,1-2H3. The molecule has 21 heavy (non-hydrogen) atoms. The third-order valence-corrected chi connectivity index (χ3v) is 3.50. The van der Waals surface area contributed by atoms with Gasteiger partial charge in [-0.2, -0.15) is 0 Å². The molecular weight excluding hydrogens is 262 g/mol. The fourth-order valence-corrected chi connectivity index (χ4v) is 2.26. The van der Waals surface area contributed by atoms with Crippen LogP contribution in [0.3, 0.4) is 0 Å². The zero-order chi connectivity index (χ0) is 15.1. The molecule has 0 spiro atoms. The van der Waals surface area contributed by atoms with Crippen LogP contribution < -0.4 is 4.74 Å². The fourth-order valence-electron chi connectivity index (χ4n) is 2.26. The van der Waals surface area contributed by atoms with Crippen LogP contribution in [0.2, 0.25) is 0 Å². The highest BCUT2D eigenvalue weighted by molar-refractivity contribution is 5.76. The largest absolute Gasteiger partial charge is 0.496 e. The second kappa shape index (κ2) is 7.48. The second-order valence-corrected chi connectivity index (χ2v) is 5.05. The summed E-state index contributed by atoms with van der Waals surface area (Å²) in [5.41, 5.74) is 2.21. The van der Waals surface area contributed by atoms with E-state index in [4.69, 9.17) is 4.74 Å². The van der Waals surface area contributed by atoms with E-state index in [2.05, 4.69) is 0 Å². The Labute approximate surface area is 126 Å². The van der Waals surface area contributed by atoms with Crippen molar-refractivity contribution in [2.45, 2.75) is 19.4 Å². The number of hydrogen-bond donors (Lipinski definition) is 0. The van der Waals surface area contributed by atoms with Gasteiger partial charge in [-0.15, -0.1) is 0 Å². The van der Waals surface area contributed by atoms with E-state index in [9.17, 15) is 4.79 Å². The van der Waals surface area contributed by atoms with Gasteiger partial charge in [0.05, 0.1) is 7.11 Å². The first kappa shape index (κ1) is 15.1. The summed E-state index contributed by atoms with van der Waals surface area (Å²) in [5.74, 6) is 0.963. The van der Waals surface area contributed by atoms with Crippen molar-refractivity contribution < 1.29 is 9.53 Å². The number of hydrogen-bond acceptors (Lipinski definition) is 2. The molecule has 0 saturated heterocycles. The van der Waals surface area contributed by atoms with Gasteiger partial charge in [0.15, 0.2) is 0 Å². The van der Waals surface area contributed by atoms with Crippen molar-refractivity contribution in [1.29, 1.82) is 0 Å². The van der Waals surface area contributed by atoms with Gasteiger partial charge in [-0.05, 0) is 18.1 Å². The van der Waals surface area contributed by atoms with E-state index < -0.39 is 0 Å². The Morgan fingerprint density at radius 3 is 2.43 bits per heavy atom. The average Bonchev–Trinajstić information content (AvgIpc) is 2.54. The second-order valence-electron chi connectivity index (χ2n) is 5.05. The Hall–Kier alpha value is -2.29. The van der Waals surface area contributed by atoms with Crippen LogP contribution in [0, 0.1) is 0 Å². The summed E-state index contributed by atoms with van der Waals surface area (Å²) in [7, 11) is 3.48. The van der Waals surface area contributed by atoms with Crippen molar-refractivity contribution in [2.75, 3.05) is 14.2 Å². The van der Waals surface area contributed by atoms with Crippen LogP contribution in [0.25, 0.3) is 0 Å². The summed E-state index contributed by atoms with van der Waals surface area (Å²) in [6.07, 6.45) is 1.30. The van der Waals surface area contributed by atoms with E-state index in [1.807, 2.05) is 61.6 Å². The molecule has 3 heteroatoms. The van der Waals surface area contributed by atoms with Crippen LogP contribution in [0.1, 0.15) is 17.5 Å². The lowest BCUT2D eigenvalue weighted by Crippen LogP contribution is -2.26. The lowest BCUT2D eigenvalue weighted by molar-refractivity contribution is -0.130. The molecule has 2 aromatic carbocycles. The summed E-state index contributed by atoms with van der Waals surface area (Å²) >= 11 is 0. The first-order valence-corrected chi connectivity index (χ1v) is 7.10. The Bertz CT molecular complexity index is 581. The molecule has 0 atom stereocenters. The maximum Gasteiger partial charge on any atom is 0.222 e. The molecule has 0 aliphatic rings. The van der Waals surface area contributed by atoms with E-state index in [0.717, 1.165) is 17.7 Å². The quantitative estimate of drug-likeness (QED) is 0.814. The zero-order valence-electron chi connectivity index (χ0n) is 12.6. The van der Waals surface area contributed by atoms with Crippen molar-refractivity contribution in [2.24, 2.45) is 0 Å². The molecule has 0 fully saturated rings. The predicted octanol–water partition coefficient (Wildman–Crippen LogP) is 3.29. The molecule has 0 aliphatic heterocycles. The highest BCUT2D eigenvalue weighted by Crippen LogP contribution is 2.19. The number of amides is 1. The van der Waals surface area contributed by atoms with Crippen LogP contribution in [0.5, 0.6) is 5.75 Å². The molecule has 0 radical (unpaired) electrons. The number of benzene rings is 2. The van der Waals surface area contributed by atoms with Gasteiger partial charge in [0.1, 0.15) is 5.75 Å². The zero-order valence-corrected chi connectivity index (χ0v) is 12.6. The minimum absolute atomic E-state index is 0.143. The predicted molar refractivity (Wildman–Crippen MR) is 84.2 cm³/mol. The molecule has 2 aromatic rings. The van der Waals surface area contributed by atoms with Crippen LogP contribution in [0.15, 0.2) is 54.6 Å². The lowest BCUT2D eigenvalue weighted by atomic mass is 10.1. The first-order valence-electron chi connectivity index (χ1n) is 7.10. The minimum atomic E-state index is 0.143. The monoisotopic (exact) mass is 283 g/mol. The number of ether oxygens (including phenoxy) is 1. The van der Waals surface area contributed by atoms with E-state index >= 15 is 0 Å². The van der Waals surface area contributed by atoms with E-state index in [1.165, 1.54) is 5.56 Å². The van der Waals surface area contributed by atoms with Crippen LogP contribution in [-0.4, -0.2) is 25.0 Å². The number of carbonyl (C=O) groups excluding carboxylic acids is 1. The topological polar surface area (TPSA) is 29.5 Å². The molecule has 2 rings (SSSR count). The Morgan fingerprint density at radius 1 is 1.05 bits per heavy atom. The SMILES string of the molecule is COc1ccccc1CN(C)C(=O)CCc1ccccc1. The molecule has 0 N–H and O–H groups in total. The van der Waals surface area contributed by atoms with E-state index in [-0.39, 0.29) is 5.91 Å². The number of para-hydroxylation sites is 1. The molecule has 3 nitrogen and oxygen atoms in total. The Balaban J connectivity index is 1.90. The first-order chi connectivity index (χ1) is 10.2. The van der Waals surface area contributed by atoms with E-state index in [1.54, 1.807) is 12.0 Å². The van der Waals surface area contributed by atoms with Crippen molar-refractivity contribution in [3.8, 4) is 5.75 Å². The Kier molecular flexibility index (Phi) is 5.38. The van der Waals surface area contributed by atoms with Gasteiger partial charge >= 0.3 is 0 Å². The highest BCUT2D eigenvalue weighted by Gasteiger charge is 2.11. The van der Waals surface area contributed by atoms with Crippen LogP contribution in [0.4, 0.5) is 0 Å². The molecular formula is C18H21NO2. The number of nitrogens with zero attached hydrogens (tertiary/aromatic N) is 1. The Morgan fingerprint density at radius 2 is 1.71 bits per heavy atom. The molecule has 0 aliphatic carbocycles. The number of aryl methyl sites for hydroxylation is 1. The summed E-state index contributed by atoms with van der Waals surface area (Å²) in [5, 5.41) is 0. The lowest BCUT2D eigenvalue weighted by Gasteiger charge is -2.19. The van der Waals surface area contributed by atoms with Crippen LogP contribution >= 0.6 is 0 Å². The summed E-state index contributed by atoms with van der Waals surface area (Å²) in [4.78, 5) is 14.0. The third-order valence-electron chi connectivity index (χ3n) is 3.50. The van der Waals surface area contributed by atoms with Crippen LogP contribution in [-0.2, 0) is 17.8 Å². The number of methoxy groups -OCH3 is 1. The molecule has 0 unspecified atom stereocenters. The van der Waals surface area contributed by atoms with Crippen molar-refractivity contribution in [3.63, 3.8) is 0 Å². The molecule has 110 valence electrons. The summed E-state index contributed by atoms with van der Waals surface area (Å²) in [6.45, 7) is 0.567. The van der Waals surface area contributed by atoms with Gasteiger partial charge in [-0.3, -0.25) is 4.79 Å². The molecule has 0 bridgehead atoms. The normalized spacial score (nSPS) is 10.2. The molecule has 0 aromatic heterocycles. The molecule has 1 amide bonds. The van der Waals surface area contributed by atoms with Gasteiger partial charge < -0.3 is 9.64 Å². The molecule has 0 saturated carbocycles. The van der Waals surface area contributed by atoms with E-state index in [0.29, 0.717) is 13.0 Å². The summed E-state index contributed by atoms with van der Waals surface area (Å²) < 4.78 is 5.32. The minimum Gasteiger partial charge on any atom is -0.496 e. The maximum absolute atomic E-state index is 12.2. The fraction of sp³-hybridized carbons (Fsp3) is 0.278. The summed E-state index contributed by atoms with van der Waals surface area (Å²) in [6, 6.07) is 17.9. The molecule has 0 heterocycles. The van der Waals surface area contributed by atoms with Gasteiger partial charge in [-0.1, -0.05) is 48.5 Å². The smallest absolute Gasteiger partial charge is 0.222 e. The van der Waals surface area contributed by atoms with Crippen molar-refractivity contribution in [3.05, 3.63) is 65.7 Å². The van der Waals surface area contributed by atoms with Gasteiger partial charge in [0.25, 0.3) is 0 Å². The third kappa shape index (κ3) is 4.35. The average molecular weight is 283 g/mol. The van der Waals surface area contributed by atoms with Gasteiger partial charge in [-0.25, -0.2) is 0 Å². The van der Waals surface area contributed by atoms with Crippen molar-refractivity contribution >= 4 is 5.91 Å². The van der Waals surface area contributed by atoms with Gasteiger partial charge in [0, 0.05) is 25.6 Å². The maximum atomic E-state index is 12.2. The number of rotatable bonds is 6. The van der Waals surface area contributed by atoms with Crippen molar-refractivity contribution in [1.82, 2.24) is 4.90 Å². The highest BCUT2D eigenvalue weighted by atomic mass is 16.5. The number of carbonyl (C=O) groups is 1.